The molecule has 4 rings (SSSR count). The van der Waals surface area contributed by atoms with Crippen molar-refractivity contribution < 1.29 is 19.1 Å². The van der Waals surface area contributed by atoms with Gasteiger partial charge in [0.15, 0.2) is 6.61 Å². The summed E-state index contributed by atoms with van der Waals surface area (Å²) in [6, 6.07) is 28.0. The number of para-hydroxylation sites is 1. The van der Waals surface area contributed by atoms with E-state index in [9.17, 15) is 9.59 Å². The van der Waals surface area contributed by atoms with Gasteiger partial charge in [-0.15, -0.1) is 0 Å². The molecule has 0 aromatic heterocycles. The Kier molecular flexibility index (Phi) is 6.69. The quantitative estimate of drug-likeness (QED) is 0.311. The SMILES string of the molecule is CC(=O)N[C@@H](c1ccc(C)cc1)c1c(OC(=O)COc2ccccc2)ccc2ccccc12. The Hall–Kier alpha value is -4.12. The Morgan fingerprint density at radius 1 is 0.848 bits per heavy atom. The van der Waals surface area contributed by atoms with Gasteiger partial charge in [0.1, 0.15) is 11.5 Å². The maximum Gasteiger partial charge on any atom is 0.349 e. The molecule has 0 unspecified atom stereocenters. The summed E-state index contributed by atoms with van der Waals surface area (Å²) in [5, 5.41) is 4.91. The lowest BCUT2D eigenvalue weighted by molar-refractivity contribution is -0.136. The summed E-state index contributed by atoms with van der Waals surface area (Å²) in [6.45, 7) is 3.26. The Balaban J connectivity index is 1.72. The van der Waals surface area contributed by atoms with Crippen LogP contribution in [0.5, 0.6) is 11.5 Å². The fourth-order valence-electron chi connectivity index (χ4n) is 3.76. The smallest absolute Gasteiger partial charge is 0.349 e. The molecule has 0 bridgehead atoms. The molecule has 0 aliphatic heterocycles. The lowest BCUT2D eigenvalue weighted by Gasteiger charge is -2.23. The van der Waals surface area contributed by atoms with Gasteiger partial charge in [-0.05, 0) is 41.5 Å². The molecule has 0 heterocycles. The molecule has 0 aliphatic carbocycles. The molecule has 1 N–H and O–H groups in total. The highest BCUT2D eigenvalue weighted by molar-refractivity contribution is 5.90. The summed E-state index contributed by atoms with van der Waals surface area (Å²) in [5.74, 6) is 0.262. The standard InChI is InChI=1S/C28H25NO4/c1-19-12-14-22(15-13-19)28(29-20(2)30)27-24-11-7-6-8-21(24)16-17-25(27)33-26(31)18-32-23-9-4-3-5-10-23/h3-17,28H,18H2,1-2H3,(H,29,30)/t28-/m0/s1. The van der Waals surface area contributed by atoms with E-state index in [1.54, 1.807) is 18.2 Å². The molecule has 0 fully saturated rings. The van der Waals surface area contributed by atoms with Crippen molar-refractivity contribution in [3.63, 3.8) is 0 Å². The Morgan fingerprint density at radius 3 is 2.27 bits per heavy atom. The van der Waals surface area contributed by atoms with Crippen LogP contribution >= 0.6 is 0 Å². The predicted molar refractivity (Wildman–Crippen MR) is 128 cm³/mol. The number of ether oxygens (including phenoxy) is 2. The maximum absolute atomic E-state index is 12.7. The van der Waals surface area contributed by atoms with Crippen LogP contribution in [0.15, 0.2) is 91.0 Å². The van der Waals surface area contributed by atoms with Crippen molar-refractivity contribution in [1.82, 2.24) is 5.32 Å². The number of hydrogen-bond acceptors (Lipinski definition) is 4. The number of hydrogen-bond donors (Lipinski definition) is 1. The van der Waals surface area contributed by atoms with Crippen molar-refractivity contribution in [2.24, 2.45) is 0 Å². The zero-order chi connectivity index (χ0) is 23.2. The van der Waals surface area contributed by atoms with Crippen LogP contribution in [0.4, 0.5) is 0 Å². The average Bonchev–Trinajstić information content (AvgIpc) is 2.82. The number of amides is 1. The van der Waals surface area contributed by atoms with Crippen LogP contribution in [-0.2, 0) is 9.59 Å². The van der Waals surface area contributed by atoms with Gasteiger partial charge < -0.3 is 14.8 Å². The second kappa shape index (κ2) is 10.0. The molecule has 1 atom stereocenters. The van der Waals surface area contributed by atoms with Gasteiger partial charge in [0, 0.05) is 12.5 Å². The molecule has 0 saturated carbocycles. The maximum atomic E-state index is 12.7. The van der Waals surface area contributed by atoms with Crippen LogP contribution in [0, 0.1) is 6.92 Å². The van der Waals surface area contributed by atoms with Crippen LogP contribution < -0.4 is 14.8 Å². The minimum absolute atomic E-state index is 0.182. The molecule has 4 aromatic carbocycles. The van der Waals surface area contributed by atoms with E-state index in [0.29, 0.717) is 11.5 Å². The van der Waals surface area contributed by atoms with Crippen molar-refractivity contribution >= 4 is 22.6 Å². The molecule has 0 radical (unpaired) electrons. The van der Waals surface area contributed by atoms with Crippen LogP contribution in [0.2, 0.25) is 0 Å². The Morgan fingerprint density at radius 2 is 1.55 bits per heavy atom. The lowest BCUT2D eigenvalue weighted by atomic mass is 9.92. The van der Waals surface area contributed by atoms with E-state index in [4.69, 9.17) is 9.47 Å². The largest absolute Gasteiger partial charge is 0.482 e. The fourth-order valence-corrected chi connectivity index (χ4v) is 3.76. The number of rotatable bonds is 7. The average molecular weight is 440 g/mol. The highest BCUT2D eigenvalue weighted by atomic mass is 16.6. The first-order valence-electron chi connectivity index (χ1n) is 10.7. The van der Waals surface area contributed by atoms with E-state index in [0.717, 1.165) is 27.5 Å². The van der Waals surface area contributed by atoms with Crippen LogP contribution in [-0.4, -0.2) is 18.5 Å². The van der Waals surface area contributed by atoms with Crippen molar-refractivity contribution in [3.8, 4) is 11.5 Å². The van der Waals surface area contributed by atoms with Gasteiger partial charge in [-0.25, -0.2) is 4.79 Å². The van der Waals surface area contributed by atoms with Crippen molar-refractivity contribution in [2.75, 3.05) is 6.61 Å². The molecule has 0 saturated heterocycles. The second-order valence-corrected chi connectivity index (χ2v) is 7.82. The van der Waals surface area contributed by atoms with Crippen LogP contribution in [0.3, 0.4) is 0 Å². The van der Waals surface area contributed by atoms with E-state index in [2.05, 4.69) is 5.32 Å². The highest BCUT2D eigenvalue weighted by Gasteiger charge is 2.24. The number of fused-ring (bicyclic) bond motifs is 1. The first-order chi connectivity index (χ1) is 16.0. The normalized spacial score (nSPS) is 11.6. The van der Waals surface area contributed by atoms with Gasteiger partial charge in [-0.1, -0.05) is 78.4 Å². The zero-order valence-corrected chi connectivity index (χ0v) is 18.6. The summed E-state index contributed by atoms with van der Waals surface area (Å²) in [7, 11) is 0. The molecular formula is C28H25NO4. The van der Waals surface area contributed by atoms with Crippen LogP contribution in [0.25, 0.3) is 10.8 Å². The lowest BCUT2D eigenvalue weighted by Crippen LogP contribution is -2.28. The number of aryl methyl sites for hydroxylation is 1. The third-order valence-electron chi connectivity index (χ3n) is 5.30. The van der Waals surface area contributed by atoms with E-state index in [1.807, 2.05) is 79.7 Å². The molecule has 1 amide bonds. The van der Waals surface area contributed by atoms with Crippen molar-refractivity contribution in [2.45, 2.75) is 19.9 Å². The number of esters is 1. The molecule has 0 aliphatic rings. The number of nitrogens with one attached hydrogen (secondary N) is 1. The van der Waals surface area contributed by atoms with E-state index in [1.165, 1.54) is 6.92 Å². The molecule has 5 nitrogen and oxygen atoms in total. The summed E-state index contributed by atoms with van der Waals surface area (Å²) in [5.41, 5.74) is 2.73. The van der Waals surface area contributed by atoms with E-state index < -0.39 is 12.0 Å². The van der Waals surface area contributed by atoms with Crippen LogP contribution in [0.1, 0.15) is 29.7 Å². The third-order valence-corrected chi connectivity index (χ3v) is 5.30. The molecule has 0 spiro atoms. The van der Waals surface area contributed by atoms with Gasteiger partial charge >= 0.3 is 5.97 Å². The first kappa shape index (κ1) is 22.1. The summed E-state index contributed by atoms with van der Waals surface area (Å²) < 4.78 is 11.3. The van der Waals surface area contributed by atoms with Gasteiger partial charge in [0.2, 0.25) is 5.91 Å². The van der Waals surface area contributed by atoms with Gasteiger partial charge in [-0.2, -0.15) is 0 Å². The molecule has 33 heavy (non-hydrogen) atoms. The van der Waals surface area contributed by atoms with E-state index >= 15 is 0 Å². The highest BCUT2D eigenvalue weighted by Crippen LogP contribution is 2.37. The summed E-state index contributed by atoms with van der Waals surface area (Å²) in [4.78, 5) is 24.8. The second-order valence-electron chi connectivity index (χ2n) is 7.82. The monoisotopic (exact) mass is 439 g/mol. The molecule has 5 heteroatoms. The van der Waals surface area contributed by atoms with Crippen molar-refractivity contribution in [3.05, 3.63) is 108 Å². The minimum Gasteiger partial charge on any atom is -0.482 e. The van der Waals surface area contributed by atoms with Gasteiger partial charge in [0.25, 0.3) is 0 Å². The molecule has 4 aromatic rings. The first-order valence-corrected chi connectivity index (χ1v) is 10.7. The van der Waals surface area contributed by atoms with Gasteiger partial charge in [-0.3, -0.25) is 4.79 Å². The molecule has 166 valence electrons. The number of benzene rings is 4. The summed E-state index contributed by atoms with van der Waals surface area (Å²) in [6.07, 6.45) is 0. The zero-order valence-electron chi connectivity index (χ0n) is 18.6. The Bertz CT molecular complexity index is 1270. The number of carbonyl (C=O) groups is 2. The Labute approximate surface area is 193 Å². The fraction of sp³-hybridized carbons (Fsp3) is 0.143. The third kappa shape index (κ3) is 5.39. The predicted octanol–water partition coefficient (Wildman–Crippen LogP) is 5.36. The number of carbonyl (C=O) groups excluding carboxylic acids is 2. The van der Waals surface area contributed by atoms with Crippen molar-refractivity contribution in [1.29, 1.82) is 0 Å². The minimum atomic E-state index is -0.527. The topological polar surface area (TPSA) is 64.6 Å². The molecular weight excluding hydrogens is 414 g/mol. The van der Waals surface area contributed by atoms with E-state index in [-0.39, 0.29) is 12.5 Å². The summed E-state index contributed by atoms with van der Waals surface area (Å²) >= 11 is 0. The van der Waals surface area contributed by atoms with Gasteiger partial charge in [0.05, 0.1) is 6.04 Å².